The first-order valence-corrected chi connectivity index (χ1v) is 7.95. The van der Waals surface area contributed by atoms with Gasteiger partial charge in [0.25, 0.3) is 5.91 Å². The first-order chi connectivity index (χ1) is 9.99. The summed E-state index contributed by atoms with van der Waals surface area (Å²) in [7, 11) is 0. The molecule has 4 heteroatoms. The molecule has 0 heterocycles. The van der Waals surface area contributed by atoms with Crippen molar-refractivity contribution in [2.45, 2.75) is 52.0 Å². The van der Waals surface area contributed by atoms with Gasteiger partial charge < -0.3 is 16.4 Å². The topological polar surface area (TPSA) is 72.3 Å². The standard InChI is InChI=1S/C17H27N3O/c1-12(2)9-10-20(14-5-3-4-6-14)16-11-13(18)7-8-15(16)17(19)21/h7-8,11-12,14H,3-6,9-10,18H2,1-2H3,(H2,19,21). The quantitative estimate of drug-likeness (QED) is 0.790. The van der Waals surface area contributed by atoms with Crippen LogP contribution < -0.4 is 16.4 Å². The Labute approximate surface area is 127 Å². The highest BCUT2D eigenvalue weighted by molar-refractivity contribution is 5.99. The zero-order chi connectivity index (χ0) is 15.4. The van der Waals surface area contributed by atoms with Crippen LogP contribution in [-0.2, 0) is 0 Å². The van der Waals surface area contributed by atoms with Crippen LogP contribution >= 0.6 is 0 Å². The highest BCUT2D eigenvalue weighted by Gasteiger charge is 2.25. The number of rotatable bonds is 6. The van der Waals surface area contributed by atoms with Crippen molar-refractivity contribution < 1.29 is 4.79 Å². The number of anilines is 2. The SMILES string of the molecule is CC(C)CCN(c1cc(N)ccc1C(N)=O)C1CCCC1. The van der Waals surface area contributed by atoms with Crippen LogP contribution in [-0.4, -0.2) is 18.5 Å². The van der Waals surface area contributed by atoms with Crippen molar-refractivity contribution in [1.82, 2.24) is 0 Å². The van der Waals surface area contributed by atoms with Gasteiger partial charge in [0.2, 0.25) is 0 Å². The van der Waals surface area contributed by atoms with E-state index in [9.17, 15) is 4.79 Å². The number of primary amides is 1. The number of hydrogen-bond acceptors (Lipinski definition) is 3. The highest BCUT2D eigenvalue weighted by atomic mass is 16.1. The zero-order valence-corrected chi connectivity index (χ0v) is 13.1. The van der Waals surface area contributed by atoms with Crippen LogP contribution in [0.15, 0.2) is 18.2 Å². The molecule has 1 aromatic rings. The average molecular weight is 289 g/mol. The normalized spacial score (nSPS) is 15.6. The van der Waals surface area contributed by atoms with E-state index in [1.54, 1.807) is 12.1 Å². The summed E-state index contributed by atoms with van der Waals surface area (Å²) >= 11 is 0. The van der Waals surface area contributed by atoms with Gasteiger partial charge in [0, 0.05) is 18.3 Å². The van der Waals surface area contributed by atoms with Gasteiger partial charge in [0.05, 0.1) is 11.3 Å². The van der Waals surface area contributed by atoms with E-state index >= 15 is 0 Å². The summed E-state index contributed by atoms with van der Waals surface area (Å²) in [6, 6.07) is 5.91. The Morgan fingerprint density at radius 2 is 2.00 bits per heavy atom. The zero-order valence-electron chi connectivity index (χ0n) is 13.1. The van der Waals surface area contributed by atoms with Gasteiger partial charge >= 0.3 is 0 Å². The lowest BCUT2D eigenvalue weighted by Crippen LogP contribution is -2.36. The van der Waals surface area contributed by atoms with E-state index in [2.05, 4.69) is 18.7 Å². The summed E-state index contributed by atoms with van der Waals surface area (Å²) in [4.78, 5) is 14.1. The monoisotopic (exact) mass is 289 g/mol. The lowest BCUT2D eigenvalue weighted by atomic mass is 10.0. The van der Waals surface area contributed by atoms with Crippen LogP contribution in [0.4, 0.5) is 11.4 Å². The fraction of sp³-hybridized carbons (Fsp3) is 0.588. The predicted molar refractivity (Wildman–Crippen MR) is 88.4 cm³/mol. The van der Waals surface area contributed by atoms with E-state index in [0.717, 1.165) is 18.7 Å². The first-order valence-electron chi connectivity index (χ1n) is 7.95. The molecule has 1 amide bonds. The van der Waals surface area contributed by atoms with Crippen molar-refractivity contribution in [3.8, 4) is 0 Å². The van der Waals surface area contributed by atoms with E-state index in [4.69, 9.17) is 11.5 Å². The first kappa shape index (κ1) is 15.7. The molecule has 2 rings (SSSR count). The maximum atomic E-state index is 11.7. The number of hydrogen-bond donors (Lipinski definition) is 2. The third kappa shape index (κ3) is 3.90. The molecule has 116 valence electrons. The molecule has 0 radical (unpaired) electrons. The molecule has 1 fully saturated rings. The Hall–Kier alpha value is -1.71. The van der Waals surface area contributed by atoms with Crippen LogP contribution in [0, 0.1) is 5.92 Å². The molecule has 0 saturated heterocycles. The van der Waals surface area contributed by atoms with Gasteiger partial charge in [-0.1, -0.05) is 26.7 Å². The van der Waals surface area contributed by atoms with Crippen molar-refractivity contribution in [3.05, 3.63) is 23.8 Å². The number of benzene rings is 1. The minimum atomic E-state index is -0.377. The molecule has 4 nitrogen and oxygen atoms in total. The van der Waals surface area contributed by atoms with Crippen LogP contribution in [0.5, 0.6) is 0 Å². The average Bonchev–Trinajstić information content (AvgIpc) is 2.92. The molecule has 0 bridgehead atoms. The molecule has 1 aliphatic carbocycles. The Morgan fingerprint density at radius 3 is 2.57 bits per heavy atom. The largest absolute Gasteiger partial charge is 0.399 e. The molecule has 0 aliphatic heterocycles. The minimum Gasteiger partial charge on any atom is -0.399 e. The van der Waals surface area contributed by atoms with E-state index in [0.29, 0.717) is 23.2 Å². The van der Waals surface area contributed by atoms with Crippen LogP contribution in [0.3, 0.4) is 0 Å². The summed E-state index contributed by atoms with van der Waals surface area (Å²) in [5.41, 5.74) is 13.7. The third-order valence-corrected chi connectivity index (χ3v) is 4.31. The lowest BCUT2D eigenvalue weighted by Gasteiger charge is -2.33. The number of carbonyl (C=O) groups is 1. The lowest BCUT2D eigenvalue weighted by molar-refractivity contribution is 0.100. The van der Waals surface area contributed by atoms with E-state index in [1.165, 1.54) is 25.7 Å². The summed E-state index contributed by atoms with van der Waals surface area (Å²) in [6.45, 7) is 5.40. The Balaban J connectivity index is 2.34. The molecule has 1 aromatic carbocycles. The summed E-state index contributed by atoms with van der Waals surface area (Å²) < 4.78 is 0. The second-order valence-electron chi connectivity index (χ2n) is 6.46. The molecular formula is C17H27N3O. The van der Waals surface area contributed by atoms with E-state index in [1.807, 2.05) is 6.07 Å². The van der Waals surface area contributed by atoms with E-state index in [-0.39, 0.29) is 5.91 Å². The van der Waals surface area contributed by atoms with Crippen LogP contribution in [0.2, 0.25) is 0 Å². The fourth-order valence-corrected chi connectivity index (χ4v) is 3.11. The molecule has 4 N–H and O–H groups in total. The van der Waals surface area contributed by atoms with Gasteiger partial charge in [-0.2, -0.15) is 0 Å². The molecule has 1 saturated carbocycles. The summed E-state index contributed by atoms with van der Waals surface area (Å²) in [5, 5.41) is 0. The van der Waals surface area contributed by atoms with Gasteiger partial charge in [-0.3, -0.25) is 4.79 Å². The second-order valence-corrected chi connectivity index (χ2v) is 6.46. The van der Waals surface area contributed by atoms with Crippen LogP contribution in [0.25, 0.3) is 0 Å². The van der Waals surface area contributed by atoms with Crippen LogP contribution in [0.1, 0.15) is 56.3 Å². The number of carbonyl (C=O) groups excluding carboxylic acids is 1. The fourth-order valence-electron chi connectivity index (χ4n) is 3.11. The maximum absolute atomic E-state index is 11.7. The Bertz CT molecular complexity index is 493. The Kier molecular flexibility index (Phi) is 5.10. The number of nitrogens with two attached hydrogens (primary N) is 2. The molecule has 0 spiro atoms. The smallest absolute Gasteiger partial charge is 0.250 e. The van der Waals surface area contributed by atoms with Crippen molar-refractivity contribution in [2.75, 3.05) is 17.2 Å². The second kappa shape index (κ2) is 6.83. The molecule has 0 atom stereocenters. The van der Waals surface area contributed by atoms with Gasteiger partial charge in [-0.05, 0) is 43.4 Å². The van der Waals surface area contributed by atoms with E-state index < -0.39 is 0 Å². The summed E-state index contributed by atoms with van der Waals surface area (Å²) in [5.74, 6) is 0.254. The predicted octanol–water partition coefficient (Wildman–Crippen LogP) is 3.16. The molecule has 21 heavy (non-hydrogen) atoms. The molecule has 0 unspecified atom stereocenters. The number of nitrogen functional groups attached to an aromatic ring is 1. The van der Waals surface area contributed by atoms with Gasteiger partial charge in [-0.25, -0.2) is 0 Å². The van der Waals surface area contributed by atoms with Gasteiger partial charge in [0.15, 0.2) is 0 Å². The van der Waals surface area contributed by atoms with Crippen molar-refractivity contribution in [1.29, 1.82) is 0 Å². The Morgan fingerprint density at radius 1 is 1.33 bits per heavy atom. The number of amides is 1. The molecular weight excluding hydrogens is 262 g/mol. The van der Waals surface area contributed by atoms with Gasteiger partial charge in [0.1, 0.15) is 0 Å². The third-order valence-electron chi connectivity index (χ3n) is 4.31. The highest BCUT2D eigenvalue weighted by Crippen LogP contribution is 2.32. The summed E-state index contributed by atoms with van der Waals surface area (Å²) in [6.07, 6.45) is 5.99. The maximum Gasteiger partial charge on any atom is 0.250 e. The molecule has 0 aromatic heterocycles. The van der Waals surface area contributed by atoms with Crippen molar-refractivity contribution in [2.24, 2.45) is 11.7 Å². The minimum absolute atomic E-state index is 0.377. The van der Waals surface area contributed by atoms with Crippen molar-refractivity contribution in [3.63, 3.8) is 0 Å². The van der Waals surface area contributed by atoms with Gasteiger partial charge in [-0.15, -0.1) is 0 Å². The number of nitrogens with zero attached hydrogens (tertiary/aromatic N) is 1. The van der Waals surface area contributed by atoms with Crippen molar-refractivity contribution >= 4 is 17.3 Å². The molecule has 1 aliphatic rings.